The molecule has 54 heavy (non-hydrogen) atoms. The van der Waals surface area contributed by atoms with Gasteiger partial charge in [0, 0.05) is 32.9 Å². The molecule has 0 aliphatic rings. The lowest BCUT2D eigenvalue weighted by molar-refractivity contribution is 1.18. The maximum absolute atomic E-state index is 2.44. The molecule has 0 unspecified atom stereocenters. The molecule has 0 bridgehead atoms. The van der Waals surface area contributed by atoms with E-state index in [2.05, 4.69) is 205 Å². The van der Waals surface area contributed by atoms with Gasteiger partial charge in [0.25, 0.3) is 0 Å². The van der Waals surface area contributed by atoms with Gasteiger partial charge in [0.05, 0.1) is 22.1 Å². The number of hydrogen-bond donors (Lipinski definition) is 0. The molecule has 2 heteroatoms. The highest BCUT2D eigenvalue weighted by atomic mass is 15.0. The smallest absolute Gasteiger partial charge is 0.0541 e. The minimum atomic E-state index is 1.16. The standard InChI is InChI=1S/C50H36N2.C2H6/c1-33-16-20-35(21-17-33)39-28-40(36-22-18-34(2)19-23-36)30-42(29-39)52-48-15-9-7-13-44(48)46-32-38(25-27-50(46)52)37-24-26-49-45(31-37)43-12-6-8-14-47(43)51(49)41-10-4-3-5-11-41;1-2/h3-32H,1-2H3;1-2H3. The summed E-state index contributed by atoms with van der Waals surface area (Å²) in [6.07, 6.45) is 0. The van der Waals surface area contributed by atoms with E-state index in [0.29, 0.717) is 0 Å². The fraction of sp³-hybridized carbons (Fsp3) is 0.0769. The molecular weight excluding hydrogens is 653 g/mol. The van der Waals surface area contributed by atoms with Crippen LogP contribution in [0.4, 0.5) is 0 Å². The van der Waals surface area contributed by atoms with Gasteiger partial charge in [-0.25, -0.2) is 0 Å². The van der Waals surface area contributed by atoms with Gasteiger partial charge in [-0.05, 0) is 114 Å². The van der Waals surface area contributed by atoms with E-state index in [1.807, 2.05) is 13.8 Å². The summed E-state index contributed by atoms with van der Waals surface area (Å²) >= 11 is 0. The molecule has 2 aromatic heterocycles. The zero-order valence-corrected chi connectivity index (χ0v) is 31.2. The Morgan fingerprint density at radius 1 is 0.278 bits per heavy atom. The molecule has 0 amide bonds. The van der Waals surface area contributed by atoms with Gasteiger partial charge < -0.3 is 9.13 Å². The van der Waals surface area contributed by atoms with Crippen LogP contribution in [0.25, 0.3) is 88.4 Å². The van der Waals surface area contributed by atoms with Crippen molar-refractivity contribution in [3.63, 3.8) is 0 Å². The van der Waals surface area contributed by atoms with E-state index >= 15 is 0 Å². The first-order valence-electron chi connectivity index (χ1n) is 19.0. The van der Waals surface area contributed by atoms with Crippen molar-refractivity contribution in [2.75, 3.05) is 0 Å². The zero-order valence-electron chi connectivity index (χ0n) is 31.2. The van der Waals surface area contributed by atoms with E-state index < -0.39 is 0 Å². The number of nitrogens with zero attached hydrogens (tertiary/aromatic N) is 2. The van der Waals surface area contributed by atoms with Crippen molar-refractivity contribution in [1.82, 2.24) is 9.13 Å². The van der Waals surface area contributed by atoms with Crippen LogP contribution in [-0.2, 0) is 0 Å². The highest BCUT2D eigenvalue weighted by Gasteiger charge is 2.17. The molecular formula is C52H42N2. The number of aryl methyl sites for hydroxylation is 2. The number of fused-ring (bicyclic) bond motifs is 6. The summed E-state index contributed by atoms with van der Waals surface area (Å²) in [6.45, 7) is 8.29. The molecule has 2 heterocycles. The summed E-state index contributed by atoms with van der Waals surface area (Å²) in [5.41, 5.74) is 17.0. The Morgan fingerprint density at radius 2 is 0.667 bits per heavy atom. The van der Waals surface area contributed by atoms with Gasteiger partial charge in [-0.3, -0.25) is 0 Å². The molecule has 0 spiro atoms. The highest BCUT2D eigenvalue weighted by molar-refractivity contribution is 6.12. The van der Waals surface area contributed by atoms with E-state index in [9.17, 15) is 0 Å². The quantitative estimate of drug-likeness (QED) is 0.170. The minimum Gasteiger partial charge on any atom is -0.309 e. The molecule has 8 aromatic carbocycles. The molecule has 0 aliphatic carbocycles. The van der Waals surface area contributed by atoms with E-state index in [1.54, 1.807) is 0 Å². The number of para-hydroxylation sites is 3. The first-order valence-corrected chi connectivity index (χ1v) is 19.0. The number of benzene rings is 8. The predicted octanol–water partition coefficient (Wildman–Crippen LogP) is 14.5. The number of aromatic nitrogens is 2. The van der Waals surface area contributed by atoms with Crippen LogP contribution in [0.2, 0.25) is 0 Å². The summed E-state index contributed by atoms with van der Waals surface area (Å²) in [7, 11) is 0. The van der Waals surface area contributed by atoms with Gasteiger partial charge in [0.15, 0.2) is 0 Å². The van der Waals surface area contributed by atoms with Gasteiger partial charge in [-0.1, -0.05) is 140 Å². The number of rotatable bonds is 5. The summed E-state index contributed by atoms with van der Waals surface area (Å²) < 4.78 is 4.82. The average Bonchev–Trinajstić information content (AvgIpc) is 3.74. The molecule has 0 N–H and O–H groups in total. The molecule has 0 atom stereocenters. The van der Waals surface area contributed by atoms with Crippen molar-refractivity contribution < 1.29 is 0 Å². The molecule has 0 saturated heterocycles. The maximum Gasteiger partial charge on any atom is 0.0541 e. The first kappa shape index (κ1) is 33.2. The van der Waals surface area contributed by atoms with Crippen LogP contribution in [-0.4, -0.2) is 9.13 Å². The van der Waals surface area contributed by atoms with Crippen LogP contribution >= 0.6 is 0 Å². The minimum absolute atomic E-state index is 1.16. The Balaban J connectivity index is 0.00000189. The first-order chi connectivity index (χ1) is 26.6. The van der Waals surface area contributed by atoms with Crippen molar-refractivity contribution in [2.24, 2.45) is 0 Å². The Morgan fingerprint density at radius 3 is 1.15 bits per heavy atom. The van der Waals surface area contributed by atoms with E-state index in [0.717, 1.165) is 5.69 Å². The second-order valence-corrected chi connectivity index (χ2v) is 14.0. The summed E-state index contributed by atoms with van der Waals surface area (Å²) in [6, 6.07) is 66.9. The molecule has 10 aromatic rings. The van der Waals surface area contributed by atoms with Crippen LogP contribution in [0.3, 0.4) is 0 Å². The van der Waals surface area contributed by atoms with Crippen molar-refractivity contribution >= 4 is 43.6 Å². The van der Waals surface area contributed by atoms with Crippen LogP contribution < -0.4 is 0 Å². The van der Waals surface area contributed by atoms with Crippen LogP contribution in [0, 0.1) is 13.8 Å². The second-order valence-electron chi connectivity index (χ2n) is 14.0. The van der Waals surface area contributed by atoms with Crippen molar-refractivity contribution in [3.05, 3.63) is 193 Å². The Bertz CT molecular complexity index is 2880. The molecule has 2 nitrogen and oxygen atoms in total. The van der Waals surface area contributed by atoms with Crippen LogP contribution in [0.5, 0.6) is 0 Å². The Kier molecular flexibility index (Phi) is 8.44. The lowest BCUT2D eigenvalue weighted by Crippen LogP contribution is -1.96. The third-order valence-corrected chi connectivity index (χ3v) is 10.6. The largest absolute Gasteiger partial charge is 0.309 e. The van der Waals surface area contributed by atoms with E-state index in [4.69, 9.17) is 0 Å². The van der Waals surface area contributed by atoms with Crippen LogP contribution in [0.15, 0.2) is 182 Å². The van der Waals surface area contributed by atoms with E-state index in [1.165, 1.54) is 93.8 Å². The average molecular weight is 695 g/mol. The zero-order chi connectivity index (χ0) is 36.8. The van der Waals surface area contributed by atoms with E-state index in [-0.39, 0.29) is 0 Å². The fourth-order valence-electron chi connectivity index (χ4n) is 8.00. The topological polar surface area (TPSA) is 9.86 Å². The van der Waals surface area contributed by atoms with Gasteiger partial charge in [0.2, 0.25) is 0 Å². The second kappa shape index (κ2) is 13.7. The molecule has 0 aliphatic heterocycles. The van der Waals surface area contributed by atoms with Crippen molar-refractivity contribution in [2.45, 2.75) is 27.7 Å². The predicted molar refractivity (Wildman–Crippen MR) is 232 cm³/mol. The Hall–Kier alpha value is -6.64. The highest BCUT2D eigenvalue weighted by Crippen LogP contribution is 2.39. The molecule has 10 rings (SSSR count). The lowest BCUT2D eigenvalue weighted by Gasteiger charge is -2.14. The summed E-state index contributed by atoms with van der Waals surface area (Å²) in [5, 5.41) is 5.02. The van der Waals surface area contributed by atoms with Crippen molar-refractivity contribution in [3.8, 4) is 44.8 Å². The van der Waals surface area contributed by atoms with Gasteiger partial charge >= 0.3 is 0 Å². The molecule has 0 fully saturated rings. The third kappa shape index (κ3) is 5.68. The molecule has 260 valence electrons. The fourth-order valence-corrected chi connectivity index (χ4v) is 8.00. The lowest BCUT2D eigenvalue weighted by atomic mass is 9.97. The maximum atomic E-state index is 2.44. The number of hydrogen-bond acceptors (Lipinski definition) is 0. The monoisotopic (exact) mass is 694 g/mol. The third-order valence-electron chi connectivity index (χ3n) is 10.6. The normalized spacial score (nSPS) is 11.3. The SMILES string of the molecule is CC.Cc1ccc(-c2cc(-c3ccc(C)cc3)cc(-n3c4ccccc4c4cc(-c5ccc6c(c5)c5ccccc5n6-c5ccccc5)ccc43)c2)cc1. The Labute approximate surface area is 317 Å². The summed E-state index contributed by atoms with van der Waals surface area (Å²) in [5.74, 6) is 0. The van der Waals surface area contributed by atoms with Crippen molar-refractivity contribution in [1.29, 1.82) is 0 Å². The summed E-state index contributed by atoms with van der Waals surface area (Å²) in [4.78, 5) is 0. The van der Waals surface area contributed by atoms with Gasteiger partial charge in [-0.15, -0.1) is 0 Å². The van der Waals surface area contributed by atoms with Crippen LogP contribution in [0.1, 0.15) is 25.0 Å². The van der Waals surface area contributed by atoms with Gasteiger partial charge in [0.1, 0.15) is 0 Å². The molecule has 0 saturated carbocycles. The molecule has 0 radical (unpaired) electrons. The van der Waals surface area contributed by atoms with Gasteiger partial charge in [-0.2, -0.15) is 0 Å².